The van der Waals surface area contributed by atoms with Crippen molar-refractivity contribution in [2.45, 2.75) is 0 Å². The number of para-hydroxylation sites is 4. The molecule has 2 nitrogen and oxygen atoms in total. The molecule has 0 unspecified atom stereocenters. The molecule has 11 rings (SSSR count). The fraction of sp³-hybridized carbons (Fsp3) is 0. The van der Waals surface area contributed by atoms with E-state index in [-0.39, 0.29) is 0 Å². The van der Waals surface area contributed by atoms with Gasteiger partial charge in [0, 0.05) is 33.0 Å². The molecule has 0 bridgehead atoms. The molecule has 1 heterocycles. The second-order valence-corrected chi connectivity index (χ2v) is 14.9. The van der Waals surface area contributed by atoms with Gasteiger partial charge in [0.1, 0.15) is 0 Å². The number of anilines is 3. The maximum absolute atomic E-state index is 2.42. The Morgan fingerprint density at radius 3 is 1.53 bits per heavy atom. The fourth-order valence-corrected chi connectivity index (χ4v) is 8.82. The van der Waals surface area contributed by atoms with E-state index < -0.39 is 0 Å². The predicted octanol–water partition coefficient (Wildman–Crippen LogP) is 15.6. The topological polar surface area (TPSA) is 8.17 Å². The van der Waals surface area contributed by atoms with Crippen LogP contribution >= 0.6 is 0 Å². The van der Waals surface area contributed by atoms with Crippen LogP contribution in [0.4, 0.5) is 17.1 Å². The van der Waals surface area contributed by atoms with Gasteiger partial charge >= 0.3 is 0 Å². The lowest BCUT2D eigenvalue weighted by Gasteiger charge is -2.29. The van der Waals surface area contributed by atoms with E-state index in [1.165, 1.54) is 82.4 Å². The Morgan fingerprint density at radius 1 is 0.293 bits per heavy atom. The molecule has 0 fully saturated rings. The molecule has 0 N–H and O–H groups in total. The van der Waals surface area contributed by atoms with Crippen LogP contribution in [0.25, 0.3) is 82.4 Å². The highest BCUT2D eigenvalue weighted by molar-refractivity contribution is 6.10. The normalized spacial score (nSPS) is 11.4. The molecule has 0 radical (unpaired) electrons. The van der Waals surface area contributed by atoms with Crippen molar-refractivity contribution in [3.63, 3.8) is 0 Å². The molecule has 272 valence electrons. The quantitative estimate of drug-likeness (QED) is 0.158. The van der Waals surface area contributed by atoms with E-state index in [1.54, 1.807) is 0 Å². The van der Waals surface area contributed by atoms with Gasteiger partial charge in [0.15, 0.2) is 0 Å². The van der Waals surface area contributed by atoms with Gasteiger partial charge in [0.2, 0.25) is 0 Å². The van der Waals surface area contributed by atoms with Gasteiger partial charge in [-0.15, -0.1) is 0 Å². The third kappa shape index (κ3) is 5.74. The second-order valence-electron chi connectivity index (χ2n) is 14.9. The molecule has 11 aromatic rings. The van der Waals surface area contributed by atoms with Gasteiger partial charge < -0.3 is 9.47 Å². The summed E-state index contributed by atoms with van der Waals surface area (Å²) in [6.07, 6.45) is 0. The van der Waals surface area contributed by atoms with Gasteiger partial charge in [-0.05, 0) is 86.9 Å². The summed E-state index contributed by atoms with van der Waals surface area (Å²) < 4.78 is 2.41. The molecule has 0 aliphatic heterocycles. The van der Waals surface area contributed by atoms with Crippen molar-refractivity contribution in [2.75, 3.05) is 4.90 Å². The largest absolute Gasteiger partial charge is 0.309 e. The van der Waals surface area contributed by atoms with Gasteiger partial charge in [-0.1, -0.05) is 182 Å². The predicted molar refractivity (Wildman–Crippen MR) is 247 cm³/mol. The highest BCUT2D eigenvalue weighted by Crippen LogP contribution is 2.44. The standard InChI is InChI=1S/C56H38N2/c1-2-16-44-38-45(33-30-39(44)14-1)49-20-6-9-23-52(49)57(53-27-13-17-42-15-3-4-18-47(42)53)46-36-34-41(35-37-46)40-28-31-43(32-29-40)48-19-5-10-24-54(48)58-55-25-11-7-21-50(55)51-22-8-12-26-56(51)58/h1-38H. The van der Waals surface area contributed by atoms with Crippen LogP contribution in [0.3, 0.4) is 0 Å². The summed E-state index contributed by atoms with van der Waals surface area (Å²) >= 11 is 0. The summed E-state index contributed by atoms with van der Waals surface area (Å²) in [7, 11) is 0. The van der Waals surface area contributed by atoms with Crippen LogP contribution in [-0.2, 0) is 0 Å². The molecule has 2 heteroatoms. The fourth-order valence-electron chi connectivity index (χ4n) is 8.82. The second kappa shape index (κ2) is 14.1. The van der Waals surface area contributed by atoms with E-state index in [4.69, 9.17) is 0 Å². The van der Waals surface area contributed by atoms with Crippen LogP contribution in [0, 0.1) is 0 Å². The Morgan fingerprint density at radius 2 is 0.793 bits per heavy atom. The minimum absolute atomic E-state index is 1.10. The molecular formula is C56H38N2. The monoisotopic (exact) mass is 738 g/mol. The van der Waals surface area contributed by atoms with Crippen molar-refractivity contribution in [2.24, 2.45) is 0 Å². The molecule has 0 saturated carbocycles. The maximum atomic E-state index is 2.42. The molecule has 10 aromatic carbocycles. The van der Waals surface area contributed by atoms with Crippen molar-refractivity contribution >= 4 is 60.4 Å². The minimum atomic E-state index is 1.10. The third-order valence-corrected chi connectivity index (χ3v) is 11.6. The van der Waals surface area contributed by atoms with Crippen molar-refractivity contribution in [3.05, 3.63) is 231 Å². The Labute approximate surface area is 338 Å². The summed E-state index contributed by atoms with van der Waals surface area (Å²) in [5.74, 6) is 0. The average Bonchev–Trinajstić information content (AvgIpc) is 3.64. The van der Waals surface area contributed by atoms with Crippen LogP contribution in [0.15, 0.2) is 231 Å². The zero-order chi connectivity index (χ0) is 38.4. The van der Waals surface area contributed by atoms with Crippen LogP contribution in [0.5, 0.6) is 0 Å². The van der Waals surface area contributed by atoms with Crippen molar-refractivity contribution in [3.8, 4) is 39.1 Å². The molecule has 1 aromatic heterocycles. The zero-order valence-electron chi connectivity index (χ0n) is 31.8. The molecule has 0 aliphatic rings. The molecule has 58 heavy (non-hydrogen) atoms. The van der Waals surface area contributed by atoms with Gasteiger partial charge in [-0.25, -0.2) is 0 Å². The summed E-state index contributed by atoms with van der Waals surface area (Å²) in [4.78, 5) is 2.42. The first-order valence-corrected chi connectivity index (χ1v) is 19.9. The summed E-state index contributed by atoms with van der Waals surface area (Å²) in [5, 5.41) is 7.43. The van der Waals surface area contributed by atoms with E-state index in [2.05, 4.69) is 240 Å². The van der Waals surface area contributed by atoms with E-state index in [0.29, 0.717) is 0 Å². The number of fused-ring (bicyclic) bond motifs is 5. The van der Waals surface area contributed by atoms with Crippen molar-refractivity contribution in [1.82, 2.24) is 4.57 Å². The molecule has 0 amide bonds. The van der Waals surface area contributed by atoms with Crippen molar-refractivity contribution in [1.29, 1.82) is 0 Å². The van der Waals surface area contributed by atoms with Crippen LogP contribution < -0.4 is 4.90 Å². The highest BCUT2D eigenvalue weighted by atomic mass is 15.1. The van der Waals surface area contributed by atoms with Crippen LogP contribution in [0.1, 0.15) is 0 Å². The smallest absolute Gasteiger partial charge is 0.0541 e. The molecule has 0 saturated heterocycles. The maximum Gasteiger partial charge on any atom is 0.0541 e. The summed E-state index contributed by atoms with van der Waals surface area (Å²) in [6, 6.07) is 83.6. The molecule has 0 aliphatic carbocycles. The lowest BCUT2D eigenvalue weighted by atomic mass is 9.97. The molecule has 0 spiro atoms. The lowest BCUT2D eigenvalue weighted by Crippen LogP contribution is -2.11. The SMILES string of the molecule is c1ccc(N(c2ccc(-c3ccc(-c4ccccc4-n4c5ccccc5c5ccccc54)cc3)cc2)c2cccc3ccccc23)c(-c2ccc3ccccc3c2)c1. The molecular weight excluding hydrogens is 701 g/mol. The first-order chi connectivity index (χ1) is 28.8. The Bertz CT molecular complexity index is 3220. The Kier molecular flexibility index (Phi) is 8.19. The zero-order valence-corrected chi connectivity index (χ0v) is 31.8. The number of nitrogens with zero attached hydrogens (tertiary/aromatic N) is 2. The Balaban J connectivity index is 0.984. The van der Waals surface area contributed by atoms with Gasteiger partial charge in [0.25, 0.3) is 0 Å². The lowest BCUT2D eigenvalue weighted by molar-refractivity contribution is 1.18. The third-order valence-electron chi connectivity index (χ3n) is 11.6. The van der Waals surface area contributed by atoms with Gasteiger partial charge in [-0.3, -0.25) is 0 Å². The van der Waals surface area contributed by atoms with Gasteiger partial charge in [0.05, 0.1) is 28.1 Å². The highest BCUT2D eigenvalue weighted by Gasteiger charge is 2.20. The number of hydrogen-bond acceptors (Lipinski definition) is 1. The summed E-state index contributed by atoms with van der Waals surface area (Å²) in [6.45, 7) is 0. The minimum Gasteiger partial charge on any atom is -0.309 e. The molecule has 0 atom stereocenters. The van der Waals surface area contributed by atoms with Crippen LogP contribution in [0.2, 0.25) is 0 Å². The van der Waals surface area contributed by atoms with Crippen molar-refractivity contribution < 1.29 is 0 Å². The van der Waals surface area contributed by atoms with Gasteiger partial charge in [-0.2, -0.15) is 0 Å². The number of rotatable bonds is 7. The number of aromatic nitrogens is 1. The van der Waals surface area contributed by atoms with Crippen LogP contribution in [-0.4, -0.2) is 4.57 Å². The summed E-state index contributed by atoms with van der Waals surface area (Å²) in [5.41, 5.74) is 14.1. The van der Waals surface area contributed by atoms with E-state index >= 15 is 0 Å². The van der Waals surface area contributed by atoms with E-state index in [0.717, 1.165) is 17.1 Å². The Hall–Kier alpha value is -7.68. The number of benzene rings is 10. The number of hydrogen-bond donors (Lipinski definition) is 0. The van der Waals surface area contributed by atoms with E-state index in [9.17, 15) is 0 Å². The first kappa shape index (κ1) is 33.6. The van der Waals surface area contributed by atoms with E-state index in [1.807, 2.05) is 0 Å². The first-order valence-electron chi connectivity index (χ1n) is 19.9. The average molecular weight is 739 g/mol.